The van der Waals surface area contributed by atoms with E-state index in [0.717, 1.165) is 0 Å². The molecule has 2 aromatic carbocycles. The molecule has 3 rings (SSSR count). The standard InChI is InChI=1S/C18H13N5O4/c19-11-13-5-1-2-6-14(13)20-18(24)15-9-10-22(21-15)12-27-17-8-4-3-7-16(17)23(25)26/h1-10H,12H2,(H,20,24). The maximum Gasteiger partial charge on any atom is 0.311 e. The fraction of sp³-hybridized carbons (Fsp3) is 0.0556. The predicted octanol–water partition coefficient (Wildman–Crippen LogP) is 2.95. The number of benzene rings is 2. The maximum atomic E-state index is 12.3. The summed E-state index contributed by atoms with van der Waals surface area (Å²) in [5.41, 5.74) is 0.686. The Labute approximate surface area is 153 Å². The van der Waals surface area contributed by atoms with Crippen molar-refractivity contribution in [3.8, 4) is 11.8 Å². The number of para-hydroxylation sites is 3. The zero-order chi connectivity index (χ0) is 19.2. The van der Waals surface area contributed by atoms with Crippen molar-refractivity contribution in [3.63, 3.8) is 0 Å². The lowest BCUT2D eigenvalue weighted by Gasteiger charge is -2.07. The van der Waals surface area contributed by atoms with Gasteiger partial charge in [0.25, 0.3) is 5.91 Å². The third kappa shape index (κ3) is 4.08. The highest BCUT2D eigenvalue weighted by Gasteiger charge is 2.15. The van der Waals surface area contributed by atoms with Gasteiger partial charge in [0.1, 0.15) is 6.07 Å². The van der Waals surface area contributed by atoms with Gasteiger partial charge in [-0.25, -0.2) is 4.68 Å². The number of nitrogens with zero attached hydrogens (tertiary/aromatic N) is 4. The average Bonchev–Trinajstić information content (AvgIpc) is 3.16. The van der Waals surface area contributed by atoms with Crippen molar-refractivity contribution in [2.24, 2.45) is 0 Å². The van der Waals surface area contributed by atoms with Gasteiger partial charge >= 0.3 is 5.69 Å². The number of anilines is 1. The molecule has 0 aliphatic carbocycles. The van der Waals surface area contributed by atoms with E-state index in [-0.39, 0.29) is 23.9 Å². The molecule has 1 amide bonds. The van der Waals surface area contributed by atoms with Crippen LogP contribution in [0.1, 0.15) is 16.1 Å². The Bertz CT molecular complexity index is 1040. The number of hydrogen-bond acceptors (Lipinski definition) is 6. The second kappa shape index (κ2) is 7.79. The number of carbonyl (C=O) groups is 1. The lowest BCUT2D eigenvalue weighted by Crippen LogP contribution is -2.15. The van der Waals surface area contributed by atoms with Crippen LogP contribution in [-0.2, 0) is 6.73 Å². The van der Waals surface area contributed by atoms with Crippen LogP contribution in [0.2, 0.25) is 0 Å². The zero-order valence-electron chi connectivity index (χ0n) is 13.9. The zero-order valence-corrected chi connectivity index (χ0v) is 13.9. The first-order chi connectivity index (χ1) is 13.1. The highest BCUT2D eigenvalue weighted by atomic mass is 16.6. The molecule has 1 N–H and O–H groups in total. The summed E-state index contributed by atoms with van der Waals surface area (Å²) in [6.07, 6.45) is 1.51. The quantitative estimate of drug-likeness (QED) is 0.530. The SMILES string of the molecule is N#Cc1ccccc1NC(=O)c1ccn(COc2ccccc2[N+](=O)[O-])n1. The van der Waals surface area contributed by atoms with Crippen molar-refractivity contribution < 1.29 is 14.5 Å². The molecule has 0 fully saturated rings. The average molecular weight is 363 g/mol. The largest absolute Gasteiger partial charge is 0.464 e. The van der Waals surface area contributed by atoms with Crippen LogP contribution >= 0.6 is 0 Å². The lowest BCUT2D eigenvalue weighted by molar-refractivity contribution is -0.386. The van der Waals surface area contributed by atoms with Gasteiger partial charge in [0, 0.05) is 12.3 Å². The molecule has 0 radical (unpaired) electrons. The van der Waals surface area contributed by atoms with Crippen LogP contribution in [0.25, 0.3) is 0 Å². The Kier molecular flexibility index (Phi) is 5.09. The second-order valence-corrected chi connectivity index (χ2v) is 5.35. The van der Waals surface area contributed by atoms with Gasteiger partial charge in [-0.05, 0) is 24.3 Å². The summed E-state index contributed by atoms with van der Waals surface area (Å²) in [6, 6.07) is 16.1. The fourth-order valence-corrected chi connectivity index (χ4v) is 2.30. The van der Waals surface area contributed by atoms with Crippen LogP contribution in [0.3, 0.4) is 0 Å². The van der Waals surface area contributed by atoms with Crippen molar-refractivity contribution in [1.82, 2.24) is 9.78 Å². The Hall–Kier alpha value is -4.19. The van der Waals surface area contributed by atoms with Crippen molar-refractivity contribution >= 4 is 17.3 Å². The van der Waals surface area contributed by atoms with E-state index in [1.807, 2.05) is 6.07 Å². The van der Waals surface area contributed by atoms with Crippen LogP contribution in [0.5, 0.6) is 5.75 Å². The highest BCUT2D eigenvalue weighted by Crippen LogP contribution is 2.26. The van der Waals surface area contributed by atoms with Crippen LogP contribution in [0.15, 0.2) is 60.8 Å². The molecule has 0 aliphatic rings. The lowest BCUT2D eigenvalue weighted by atomic mass is 10.2. The van der Waals surface area contributed by atoms with Gasteiger partial charge in [0.2, 0.25) is 0 Å². The number of nitriles is 1. The molecule has 0 bridgehead atoms. The number of carbonyl (C=O) groups excluding carboxylic acids is 1. The molecule has 0 saturated carbocycles. The number of aromatic nitrogens is 2. The molecule has 1 heterocycles. The number of nitro groups is 1. The Balaban J connectivity index is 1.68. The Morgan fingerprint density at radius 1 is 1.22 bits per heavy atom. The van der Waals surface area contributed by atoms with E-state index in [0.29, 0.717) is 11.3 Å². The first kappa shape index (κ1) is 17.6. The molecule has 0 saturated heterocycles. The highest BCUT2D eigenvalue weighted by molar-refractivity contribution is 6.03. The minimum atomic E-state index is -0.538. The number of nitro benzene ring substituents is 1. The van der Waals surface area contributed by atoms with Crippen LogP contribution in [0, 0.1) is 21.4 Å². The predicted molar refractivity (Wildman–Crippen MR) is 95.1 cm³/mol. The third-order valence-corrected chi connectivity index (χ3v) is 3.58. The number of ether oxygens (including phenoxy) is 1. The summed E-state index contributed by atoms with van der Waals surface area (Å²) >= 11 is 0. The van der Waals surface area contributed by atoms with Gasteiger partial charge < -0.3 is 10.1 Å². The summed E-state index contributed by atoms with van der Waals surface area (Å²) in [6.45, 7) is -0.104. The van der Waals surface area contributed by atoms with E-state index in [1.54, 1.807) is 36.4 Å². The molecule has 1 aromatic heterocycles. The van der Waals surface area contributed by atoms with Crippen LogP contribution in [-0.4, -0.2) is 20.6 Å². The number of amides is 1. The van der Waals surface area contributed by atoms with Gasteiger partial charge in [0.15, 0.2) is 18.2 Å². The van der Waals surface area contributed by atoms with E-state index >= 15 is 0 Å². The van der Waals surface area contributed by atoms with Gasteiger partial charge in [-0.1, -0.05) is 24.3 Å². The minimum Gasteiger partial charge on any atom is -0.464 e. The summed E-state index contributed by atoms with van der Waals surface area (Å²) < 4.78 is 6.75. The first-order valence-electron chi connectivity index (χ1n) is 7.78. The van der Waals surface area contributed by atoms with E-state index in [1.165, 1.54) is 29.1 Å². The van der Waals surface area contributed by atoms with Gasteiger partial charge in [-0.15, -0.1) is 0 Å². The summed E-state index contributed by atoms with van der Waals surface area (Å²) in [7, 11) is 0. The molecular formula is C18H13N5O4. The number of rotatable bonds is 6. The van der Waals surface area contributed by atoms with Gasteiger partial charge in [0.05, 0.1) is 16.2 Å². The molecule has 0 unspecified atom stereocenters. The van der Waals surface area contributed by atoms with E-state index in [2.05, 4.69) is 10.4 Å². The summed E-state index contributed by atoms with van der Waals surface area (Å²) in [4.78, 5) is 22.7. The first-order valence-corrected chi connectivity index (χ1v) is 7.78. The fourth-order valence-electron chi connectivity index (χ4n) is 2.30. The molecule has 9 nitrogen and oxygen atoms in total. The van der Waals surface area contributed by atoms with Crippen molar-refractivity contribution in [2.75, 3.05) is 5.32 Å². The van der Waals surface area contributed by atoms with E-state index in [9.17, 15) is 14.9 Å². The van der Waals surface area contributed by atoms with Crippen LogP contribution < -0.4 is 10.1 Å². The molecule has 9 heteroatoms. The Morgan fingerprint density at radius 3 is 2.74 bits per heavy atom. The second-order valence-electron chi connectivity index (χ2n) is 5.35. The summed E-state index contributed by atoms with van der Waals surface area (Å²) in [5, 5.41) is 26.7. The van der Waals surface area contributed by atoms with Crippen molar-refractivity contribution in [1.29, 1.82) is 5.26 Å². The number of nitrogens with one attached hydrogen (secondary N) is 1. The van der Waals surface area contributed by atoms with Crippen molar-refractivity contribution in [2.45, 2.75) is 6.73 Å². The monoisotopic (exact) mass is 363 g/mol. The molecule has 134 valence electrons. The molecule has 0 aliphatic heterocycles. The van der Waals surface area contributed by atoms with Crippen LogP contribution in [0.4, 0.5) is 11.4 Å². The molecule has 0 spiro atoms. The van der Waals surface area contributed by atoms with Gasteiger partial charge in [-0.3, -0.25) is 14.9 Å². The van der Waals surface area contributed by atoms with E-state index in [4.69, 9.17) is 10.00 Å². The van der Waals surface area contributed by atoms with Gasteiger partial charge in [-0.2, -0.15) is 10.4 Å². The molecular weight excluding hydrogens is 350 g/mol. The molecule has 3 aromatic rings. The molecule has 27 heavy (non-hydrogen) atoms. The maximum absolute atomic E-state index is 12.3. The smallest absolute Gasteiger partial charge is 0.311 e. The third-order valence-electron chi connectivity index (χ3n) is 3.58. The van der Waals surface area contributed by atoms with E-state index < -0.39 is 10.8 Å². The number of hydrogen-bond donors (Lipinski definition) is 1. The summed E-state index contributed by atoms with van der Waals surface area (Å²) in [5.74, 6) is -0.380. The minimum absolute atomic E-state index is 0.104. The normalized spacial score (nSPS) is 10.0. The topological polar surface area (TPSA) is 123 Å². The Morgan fingerprint density at radius 2 is 1.96 bits per heavy atom. The van der Waals surface area contributed by atoms with Crippen molar-refractivity contribution in [3.05, 3.63) is 82.2 Å². The molecule has 0 atom stereocenters.